The van der Waals surface area contributed by atoms with Crippen LogP contribution in [0.5, 0.6) is 11.5 Å². The second-order valence-corrected chi connectivity index (χ2v) is 9.66. The number of carbonyl (C=O) groups excluding carboxylic acids is 1. The monoisotopic (exact) mass is 524 g/mol. The number of methoxy groups -OCH3 is 1. The van der Waals surface area contributed by atoms with Crippen LogP contribution in [0.15, 0.2) is 35.9 Å². The summed E-state index contributed by atoms with van der Waals surface area (Å²) in [6, 6.07) is 9.60. The van der Waals surface area contributed by atoms with Crippen molar-refractivity contribution in [3.8, 4) is 11.5 Å². The first kappa shape index (κ1) is 29.2. The van der Waals surface area contributed by atoms with Gasteiger partial charge in [-0.3, -0.25) is 9.59 Å². The predicted molar refractivity (Wildman–Crippen MR) is 147 cm³/mol. The van der Waals surface area contributed by atoms with Gasteiger partial charge in [0.05, 0.1) is 32.0 Å². The molecular formula is C31H40O7. The van der Waals surface area contributed by atoms with Crippen LogP contribution in [0.3, 0.4) is 0 Å². The van der Waals surface area contributed by atoms with E-state index in [9.17, 15) is 19.8 Å². The zero-order valence-electron chi connectivity index (χ0n) is 23.0. The molecule has 7 heteroatoms. The lowest BCUT2D eigenvalue weighted by molar-refractivity contribution is -0.137. The van der Waals surface area contributed by atoms with Crippen LogP contribution in [0, 0.1) is 0 Å². The van der Waals surface area contributed by atoms with Crippen molar-refractivity contribution in [2.24, 2.45) is 0 Å². The minimum absolute atomic E-state index is 0.00304. The zero-order chi connectivity index (χ0) is 27.7. The van der Waals surface area contributed by atoms with E-state index in [0.717, 1.165) is 41.7 Å². The van der Waals surface area contributed by atoms with Gasteiger partial charge in [-0.15, -0.1) is 0 Å². The minimum atomic E-state index is -0.852. The second kappa shape index (κ2) is 14.0. The Kier molecular flexibility index (Phi) is 10.8. The first-order valence-corrected chi connectivity index (χ1v) is 13.5. The van der Waals surface area contributed by atoms with E-state index >= 15 is 0 Å². The molecular weight excluding hydrogens is 484 g/mol. The van der Waals surface area contributed by atoms with Crippen molar-refractivity contribution >= 4 is 17.5 Å². The van der Waals surface area contributed by atoms with E-state index in [1.165, 1.54) is 12.5 Å². The van der Waals surface area contributed by atoms with E-state index in [-0.39, 0.29) is 24.1 Å². The van der Waals surface area contributed by atoms with Crippen LogP contribution in [0.1, 0.15) is 85.5 Å². The fourth-order valence-electron chi connectivity index (χ4n) is 5.13. The van der Waals surface area contributed by atoms with Crippen LogP contribution in [0.2, 0.25) is 0 Å². The van der Waals surface area contributed by atoms with Crippen LogP contribution in [0.4, 0.5) is 0 Å². The largest absolute Gasteiger partial charge is 0.507 e. The number of fused-ring (bicyclic) bond motifs is 1. The van der Waals surface area contributed by atoms with Gasteiger partial charge in [0.2, 0.25) is 0 Å². The number of hydrogen-bond donors (Lipinski definition) is 2. The lowest BCUT2D eigenvalue weighted by atomic mass is 9.83. The van der Waals surface area contributed by atoms with Crippen LogP contribution in [-0.4, -0.2) is 48.4 Å². The third kappa shape index (κ3) is 6.95. The van der Waals surface area contributed by atoms with Crippen molar-refractivity contribution in [1.82, 2.24) is 0 Å². The number of Topliss-reactive ketones (excluding diaryl/α,β-unsaturated/α-hetero) is 1. The molecule has 0 amide bonds. The Bertz CT molecular complexity index is 1170. The van der Waals surface area contributed by atoms with Crippen molar-refractivity contribution in [2.45, 2.75) is 78.2 Å². The van der Waals surface area contributed by atoms with Crippen molar-refractivity contribution in [3.05, 3.63) is 63.7 Å². The van der Waals surface area contributed by atoms with Crippen LogP contribution < -0.4 is 4.74 Å². The average molecular weight is 525 g/mol. The summed E-state index contributed by atoms with van der Waals surface area (Å²) in [5.41, 5.74) is 5.29. The molecule has 0 fully saturated rings. The Hall–Kier alpha value is -3.32. The standard InChI is InChI=1S/C31H40O7/c1-5-9-21-11-7-12-22-19-27(25(14-16-28(33)34)31(36-4)29(21)22)38-18-8-17-37-26-15-13-23(20(3)32)30(35)24(26)10-6-2/h7,11-13,15,27,35H,5-6,8-10,14,16-19H2,1-4H3,(H,33,34). The quantitative estimate of drug-likeness (QED) is 0.213. The second-order valence-electron chi connectivity index (χ2n) is 9.66. The maximum absolute atomic E-state index is 11.8. The van der Waals surface area contributed by atoms with Gasteiger partial charge in [-0.2, -0.15) is 0 Å². The number of benzene rings is 2. The van der Waals surface area contributed by atoms with E-state index < -0.39 is 5.97 Å². The number of aromatic hydroxyl groups is 1. The molecule has 206 valence electrons. The molecule has 2 N–H and O–H groups in total. The van der Waals surface area contributed by atoms with E-state index in [0.29, 0.717) is 55.8 Å². The number of aryl methyl sites for hydroxylation is 1. The van der Waals surface area contributed by atoms with Gasteiger partial charge in [0.25, 0.3) is 0 Å². The molecule has 0 aromatic heterocycles. The fraction of sp³-hybridized carbons (Fsp3) is 0.484. The summed E-state index contributed by atoms with van der Waals surface area (Å²) in [7, 11) is 1.64. The number of phenols is 1. The van der Waals surface area contributed by atoms with E-state index in [4.69, 9.17) is 14.2 Å². The Morgan fingerprint density at radius 2 is 1.79 bits per heavy atom. The Morgan fingerprint density at radius 1 is 1.03 bits per heavy atom. The molecule has 0 radical (unpaired) electrons. The molecule has 0 saturated heterocycles. The van der Waals surface area contributed by atoms with Gasteiger partial charge >= 0.3 is 5.97 Å². The molecule has 1 aliphatic rings. The summed E-state index contributed by atoms with van der Waals surface area (Å²) < 4.78 is 18.2. The Balaban J connectivity index is 1.71. The van der Waals surface area contributed by atoms with Gasteiger partial charge in [0, 0.05) is 36.0 Å². The molecule has 2 aromatic carbocycles. The number of carbonyl (C=O) groups is 2. The van der Waals surface area contributed by atoms with Gasteiger partial charge in [-0.25, -0.2) is 0 Å². The molecule has 3 rings (SSSR count). The zero-order valence-corrected chi connectivity index (χ0v) is 23.0. The van der Waals surface area contributed by atoms with Crippen molar-refractivity contribution in [3.63, 3.8) is 0 Å². The molecule has 0 saturated carbocycles. The number of ketones is 1. The number of carboxylic acids is 1. The molecule has 1 unspecified atom stereocenters. The molecule has 0 aliphatic heterocycles. The highest BCUT2D eigenvalue weighted by molar-refractivity contribution is 5.97. The van der Waals surface area contributed by atoms with Gasteiger partial charge in [-0.05, 0) is 49.4 Å². The smallest absolute Gasteiger partial charge is 0.303 e. The van der Waals surface area contributed by atoms with Crippen LogP contribution in [-0.2, 0) is 33.5 Å². The summed E-state index contributed by atoms with van der Waals surface area (Å²) in [5, 5.41) is 19.9. The first-order valence-electron chi connectivity index (χ1n) is 13.5. The van der Waals surface area contributed by atoms with E-state index in [2.05, 4.69) is 25.1 Å². The number of ether oxygens (including phenoxy) is 3. The highest BCUT2D eigenvalue weighted by Gasteiger charge is 2.30. The molecule has 0 bridgehead atoms. The molecule has 0 heterocycles. The molecule has 38 heavy (non-hydrogen) atoms. The fourth-order valence-corrected chi connectivity index (χ4v) is 5.13. The van der Waals surface area contributed by atoms with Gasteiger partial charge in [0.15, 0.2) is 5.78 Å². The maximum atomic E-state index is 11.8. The van der Waals surface area contributed by atoms with Gasteiger partial charge < -0.3 is 24.4 Å². The molecule has 7 nitrogen and oxygen atoms in total. The number of aliphatic carboxylic acids is 1. The highest BCUT2D eigenvalue weighted by atomic mass is 16.5. The summed E-state index contributed by atoms with van der Waals surface area (Å²) in [4.78, 5) is 23.2. The molecule has 2 aromatic rings. The first-order chi connectivity index (χ1) is 18.3. The SMILES string of the molecule is CCCc1cccc2c1C(OC)=C(CCC(=O)O)C(OCCCOc1ccc(C(C)=O)c(O)c1CCC)C2. The minimum Gasteiger partial charge on any atom is -0.507 e. The lowest BCUT2D eigenvalue weighted by Crippen LogP contribution is -2.27. The van der Waals surface area contributed by atoms with Gasteiger partial charge in [0.1, 0.15) is 17.3 Å². The number of carboxylic acid groups (broad SMARTS) is 1. The average Bonchev–Trinajstić information content (AvgIpc) is 2.88. The molecule has 0 spiro atoms. The highest BCUT2D eigenvalue weighted by Crippen LogP contribution is 2.38. The maximum Gasteiger partial charge on any atom is 0.303 e. The van der Waals surface area contributed by atoms with Crippen molar-refractivity contribution in [2.75, 3.05) is 20.3 Å². The Labute approximate surface area is 225 Å². The number of phenolic OH excluding ortho intramolecular Hbond substituents is 1. The van der Waals surface area contributed by atoms with Crippen molar-refractivity contribution < 1.29 is 34.0 Å². The van der Waals surface area contributed by atoms with Crippen LogP contribution >= 0.6 is 0 Å². The third-order valence-corrected chi connectivity index (χ3v) is 6.87. The number of rotatable bonds is 15. The summed E-state index contributed by atoms with van der Waals surface area (Å²) >= 11 is 0. The molecule has 1 atom stereocenters. The number of hydrogen-bond acceptors (Lipinski definition) is 6. The Morgan fingerprint density at radius 3 is 2.45 bits per heavy atom. The third-order valence-electron chi connectivity index (χ3n) is 6.87. The summed E-state index contributed by atoms with van der Waals surface area (Å²) in [6.45, 7) is 6.38. The summed E-state index contributed by atoms with van der Waals surface area (Å²) in [6.07, 6.45) is 4.72. The van der Waals surface area contributed by atoms with E-state index in [1.54, 1.807) is 19.2 Å². The predicted octanol–water partition coefficient (Wildman–Crippen LogP) is 6.13. The summed E-state index contributed by atoms with van der Waals surface area (Å²) in [5.74, 6) is 0.278. The molecule has 1 aliphatic carbocycles. The van der Waals surface area contributed by atoms with E-state index in [1.807, 2.05) is 6.92 Å². The van der Waals surface area contributed by atoms with Crippen LogP contribution in [0.25, 0.3) is 5.76 Å². The topological polar surface area (TPSA) is 102 Å². The lowest BCUT2D eigenvalue weighted by Gasteiger charge is -2.31. The normalized spacial score (nSPS) is 14.8. The van der Waals surface area contributed by atoms with Gasteiger partial charge in [-0.1, -0.05) is 44.9 Å². The van der Waals surface area contributed by atoms with Crippen molar-refractivity contribution in [1.29, 1.82) is 0 Å².